The molecule has 17 heavy (non-hydrogen) atoms. The van der Waals surface area contributed by atoms with Gasteiger partial charge in [0.05, 0.1) is 10.7 Å². The molecule has 0 aliphatic rings. The van der Waals surface area contributed by atoms with Gasteiger partial charge >= 0.3 is 0 Å². The lowest BCUT2D eigenvalue weighted by atomic mass is 10.3. The van der Waals surface area contributed by atoms with Gasteiger partial charge in [-0.2, -0.15) is 0 Å². The fourth-order valence-corrected chi connectivity index (χ4v) is 2.11. The first-order valence-corrected chi connectivity index (χ1v) is 6.87. The smallest absolute Gasteiger partial charge is 0.221 e. The van der Waals surface area contributed by atoms with E-state index in [4.69, 9.17) is 0 Å². The number of aryl methyl sites for hydroxylation is 1. The van der Waals surface area contributed by atoms with Crippen LogP contribution >= 0.6 is 11.3 Å². The van der Waals surface area contributed by atoms with Crippen LogP contribution in [0.4, 0.5) is 0 Å². The van der Waals surface area contributed by atoms with Crippen molar-refractivity contribution < 1.29 is 4.79 Å². The lowest BCUT2D eigenvalue weighted by Gasteiger charge is -2.08. The van der Waals surface area contributed by atoms with E-state index in [0.717, 1.165) is 30.2 Å². The molecular formula is C12H21N3OS. The van der Waals surface area contributed by atoms with Crippen LogP contribution in [0.1, 0.15) is 31.0 Å². The van der Waals surface area contributed by atoms with Gasteiger partial charge in [0.25, 0.3) is 0 Å². The predicted octanol–water partition coefficient (Wildman–Crippen LogP) is 1.50. The third-order valence-electron chi connectivity index (χ3n) is 2.20. The molecule has 1 heterocycles. The quantitative estimate of drug-likeness (QED) is 0.726. The van der Waals surface area contributed by atoms with Crippen molar-refractivity contribution >= 4 is 17.2 Å². The number of hydrogen-bond donors (Lipinski definition) is 2. The van der Waals surface area contributed by atoms with Crippen LogP contribution in [0.5, 0.6) is 0 Å². The van der Waals surface area contributed by atoms with Gasteiger partial charge in [0.1, 0.15) is 0 Å². The van der Waals surface area contributed by atoms with Crippen LogP contribution in [0, 0.1) is 6.92 Å². The fourth-order valence-electron chi connectivity index (χ4n) is 1.46. The molecule has 4 nitrogen and oxygen atoms in total. The predicted molar refractivity (Wildman–Crippen MR) is 71.3 cm³/mol. The summed E-state index contributed by atoms with van der Waals surface area (Å²) in [4.78, 5) is 15.7. The Hall–Kier alpha value is -0.940. The Kier molecular flexibility index (Phi) is 6.15. The summed E-state index contributed by atoms with van der Waals surface area (Å²) in [5, 5.41) is 9.31. The molecule has 0 aliphatic heterocycles. The summed E-state index contributed by atoms with van der Waals surface area (Å²) in [5.41, 5.74) is 1.13. The minimum Gasteiger partial charge on any atom is -0.354 e. The first kappa shape index (κ1) is 14.1. The van der Waals surface area contributed by atoms with E-state index in [1.165, 1.54) is 0 Å². The van der Waals surface area contributed by atoms with E-state index in [-0.39, 0.29) is 11.9 Å². The number of carbonyl (C=O) groups excluding carboxylic acids is 1. The van der Waals surface area contributed by atoms with Gasteiger partial charge in [0, 0.05) is 37.4 Å². The first-order valence-electron chi connectivity index (χ1n) is 5.99. The Morgan fingerprint density at radius 3 is 2.82 bits per heavy atom. The van der Waals surface area contributed by atoms with Crippen molar-refractivity contribution in [2.24, 2.45) is 0 Å². The molecule has 2 N–H and O–H groups in total. The van der Waals surface area contributed by atoms with Gasteiger partial charge in [-0.1, -0.05) is 0 Å². The van der Waals surface area contributed by atoms with E-state index in [1.807, 2.05) is 20.8 Å². The Bertz CT molecular complexity index is 349. The van der Waals surface area contributed by atoms with Crippen LogP contribution in [0.3, 0.4) is 0 Å². The number of amides is 1. The molecule has 1 amide bonds. The van der Waals surface area contributed by atoms with Gasteiger partial charge in [-0.05, 0) is 20.8 Å². The van der Waals surface area contributed by atoms with Gasteiger partial charge < -0.3 is 10.6 Å². The average Bonchev–Trinajstić information content (AvgIpc) is 2.62. The van der Waals surface area contributed by atoms with E-state index in [1.54, 1.807) is 11.3 Å². The standard InChI is InChI=1S/C12H21N3OS/c1-9(2)14-12(16)5-7-13-6-4-11-8-17-10(3)15-11/h8-9,13H,4-7H2,1-3H3,(H,14,16). The van der Waals surface area contributed by atoms with Gasteiger partial charge in [0.2, 0.25) is 5.91 Å². The SMILES string of the molecule is Cc1nc(CCNCCC(=O)NC(C)C)cs1. The van der Waals surface area contributed by atoms with Crippen LogP contribution in [0.25, 0.3) is 0 Å². The zero-order valence-corrected chi connectivity index (χ0v) is 11.6. The van der Waals surface area contributed by atoms with Crippen LogP contribution in [-0.4, -0.2) is 30.0 Å². The van der Waals surface area contributed by atoms with Crippen molar-refractivity contribution in [3.8, 4) is 0 Å². The molecule has 1 aromatic rings. The van der Waals surface area contributed by atoms with Crippen molar-refractivity contribution in [2.45, 2.75) is 39.7 Å². The van der Waals surface area contributed by atoms with Gasteiger partial charge in [-0.15, -0.1) is 11.3 Å². The molecule has 5 heteroatoms. The lowest BCUT2D eigenvalue weighted by molar-refractivity contribution is -0.121. The normalized spacial score (nSPS) is 10.8. The largest absolute Gasteiger partial charge is 0.354 e. The van der Waals surface area contributed by atoms with Gasteiger partial charge in [0.15, 0.2) is 0 Å². The highest BCUT2D eigenvalue weighted by Crippen LogP contribution is 2.07. The summed E-state index contributed by atoms with van der Waals surface area (Å²) >= 11 is 1.68. The summed E-state index contributed by atoms with van der Waals surface area (Å²) < 4.78 is 0. The Balaban J connectivity index is 2.03. The Morgan fingerprint density at radius 2 is 2.24 bits per heavy atom. The van der Waals surface area contributed by atoms with E-state index < -0.39 is 0 Å². The number of hydrogen-bond acceptors (Lipinski definition) is 4. The molecular weight excluding hydrogens is 234 g/mol. The topological polar surface area (TPSA) is 54.0 Å². The van der Waals surface area contributed by atoms with Crippen molar-refractivity contribution in [3.63, 3.8) is 0 Å². The summed E-state index contributed by atoms with van der Waals surface area (Å²) in [6, 6.07) is 0.223. The van der Waals surface area contributed by atoms with Crippen LogP contribution in [-0.2, 0) is 11.2 Å². The van der Waals surface area contributed by atoms with E-state index in [0.29, 0.717) is 6.42 Å². The summed E-state index contributed by atoms with van der Waals surface area (Å²) in [6.07, 6.45) is 1.46. The van der Waals surface area contributed by atoms with Gasteiger partial charge in [-0.3, -0.25) is 4.79 Å². The second-order valence-corrected chi connectivity index (χ2v) is 5.39. The summed E-state index contributed by atoms with van der Waals surface area (Å²) in [6.45, 7) is 7.55. The molecule has 0 spiro atoms. The zero-order chi connectivity index (χ0) is 12.7. The highest BCUT2D eigenvalue weighted by molar-refractivity contribution is 7.09. The molecule has 0 saturated carbocycles. The minimum absolute atomic E-state index is 0.108. The number of rotatable bonds is 7. The van der Waals surface area contributed by atoms with Crippen molar-refractivity contribution in [1.82, 2.24) is 15.6 Å². The Morgan fingerprint density at radius 1 is 1.47 bits per heavy atom. The molecule has 0 unspecified atom stereocenters. The number of aromatic nitrogens is 1. The fraction of sp³-hybridized carbons (Fsp3) is 0.667. The molecule has 0 radical (unpaired) electrons. The second-order valence-electron chi connectivity index (χ2n) is 4.33. The molecule has 0 aromatic carbocycles. The maximum Gasteiger partial charge on any atom is 0.221 e. The molecule has 0 fully saturated rings. The van der Waals surface area contributed by atoms with Crippen molar-refractivity contribution in [3.05, 3.63) is 16.1 Å². The number of carbonyl (C=O) groups is 1. The van der Waals surface area contributed by atoms with Gasteiger partial charge in [-0.25, -0.2) is 4.98 Å². The van der Waals surface area contributed by atoms with Crippen molar-refractivity contribution in [1.29, 1.82) is 0 Å². The molecule has 0 atom stereocenters. The lowest BCUT2D eigenvalue weighted by Crippen LogP contribution is -2.32. The molecule has 96 valence electrons. The van der Waals surface area contributed by atoms with E-state index in [9.17, 15) is 4.79 Å². The average molecular weight is 255 g/mol. The molecule has 0 saturated heterocycles. The van der Waals surface area contributed by atoms with Crippen LogP contribution < -0.4 is 10.6 Å². The summed E-state index contributed by atoms with van der Waals surface area (Å²) in [5.74, 6) is 0.108. The minimum atomic E-state index is 0.108. The van der Waals surface area contributed by atoms with Crippen LogP contribution in [0.15, 0.2) is 5.38 Å². The number of nitrogens with zero attached hydrogens (tertiary/aromatic N) is 1. The highest BCUT2D eigenvalue weighted by atomic mass is 32.1. The maximum absolute atomic E-state index is 11.3. The van der Waals surface area contributed by atoms with E-state index >= 15 is 0 Å². The second kappa shape index (κ2) is 7.40. The number of nitrogens with one attached hydrogen (secondary N) is 2. The third kappa shape index (κ3) is 6.38. The highest BCUT2D eigenvalue weighted by Gasteiger charge is 2.02. The van der Waals surface area contributed by atoms with E-state index in [2.05, 4.69) is 21.0 Å². The first-order chi connectivity index (χ1) is 8.08. The molecule has 1 aromatic heterocycles. The van der Waals surface area contributed by atoms with Crippen molar-refractivity contribution in [2.75, 3.05) is 13.1 Å². The summed E-state index contributed by atoms with van der Waals surface area (Å²) in [7, 11) is 0. The molecule has 1 rings (SSSR count). The van der Waals surface area contributed by atoms with Crippen LogP contribution in [0.2, 0.25) is 0 Å². The zero-order valence-electron chi connectivity index (χ0n) is 10.7. The molecule has 0 bridgehead atoms. The third-order valence-corrected chi connectivity index (χ3v) is 3.03. The maximum atomic E-state index is 11.3. The molecule has 0 aliphatic carbocycles. The monoisotopic (exact) mass is 255 g/mol. The Labute approximate surface area is 107 Å². The number of thiazole rings is 1.